The van der Waals surface area contributed by atoms with E-state index < -0.39 is 5.60 Å². The van der Waals surface area contributed by atoms with Crippen molar-refractivity contribution in [2.75, 3.05) is 31.1 Å². The van der Waals surface area contributed by atoms with Gasteiger partial charge in [-0.3, -0.25) is 0 Å². The molecule has 20 heavy (non-hydrogen) atoms. The van der Waals surface area contributed by atoms with Crippen molar-refractivity contribution in [3.05, 3.63) is 27.8 Å². The first kappa shape index (κ1) is 15.4. The van der Waals surface area contributed by atoms with Crippen molar-refractivity contribution < 1.29 is 9.53 Å². The Labute approximate surface area is 134 Å². The molecule has 0 saturated carbocycles. The molecule has 0 bridgehead atoms. The number of carbonyl (C=O) groups excluding carboxylic acids is 1. The third kappa shape index (κ3) is 4.26. The van der Waals surface area contributed by atoms with E-state index in [4.69, 9.17) is 4.74 Å². The number of hydrogen-bond donors (Lipinski definition) is 0. The zero-order valence-corrected chi connectivity index (χ0v) is 14.4. The van der Waals surface area contributed by atoms with Crippen LogP contribution in [0, 0.1) is 3.57 Å². The van der Waals surface area contributed by atoms with Gasteiger partial charge in [0.05, 0.1) is 0 Å². The lowest BCUT2D eigenvalue weighted by Crippen LogP contribution is -2.50. The fourth-order valence-corrected chi connectivity index (χ4v) is 2.49. The molecule has 1 heterocycles. The summed E-state index contributed by atoms with van der Waals surface area (Å²) in [4.78, 5) is 16.1. The summed E-state index contributed by atoms with van der Waals surface area (Å²) < 4.78 is 6.64. The van der Waals surface area contributed by atoms with Crippen LogP contribution in [0.4, 0.5) is 10.5 Å². The van der Waals surface area contributed by atoms with Crippen LogP contribution in [0.15, 0.2) is 24.3 Å². The minimum Gasteiger partial charge on any atom is -0.444 e. The molecule has 0 aliphatic carbocycles. The highest BCUT2D eigenvalue weighted by Gasteiger charge is 2.25. The van der Waals surface area contributed by atoms with E-state index in [-0.39, 0.29) is 6.09 Å². The standard InChI is InChI=1S/C15H21IN2O2/c1-15(2,3)20-14(19)18-10-8-17(9-11-18)13-6-4-12(16)5-7-13/h4-7H,8-11H2,1-3H3. The molecule has 5 heteroatoms. The minimum absolute atomic E-state index is 0.209. The van der Waals surface area contributed by atoms with Crippen LogP contribution in [0.1, 0.15) is 20.8 Å². The third-order valence-corrected chi connectivity index (χ3v) is 3.84. The largest absolute Gasteiger partial charge is 0.444 e. The Morgan fingerprint density at radius 1 is 1.10 bits per heavy atom. The maximum absolute atomic E-state index is 12.0. The maximum Gasteiger partial charge on any atom is 0.410 e. The van der Waals surface area contributed by atoms with Gasteiger partial charge in [0.1, 0.15) is 5.60 Å². The Hall–Kier alpha value is -0.980. The highest BCUT2D eigenvalue weighted by Crippen LogP contribution is 2.19. The molecule has 1 aromatic carbocycles. The zero-order chi connectivity index (χ0) is 14.8. The number of rotatable bonds is 1. The summed E-state index contributed by atoms with van der Waals surface area (Å²) in [7, 11) is 0. The molecule has 1 fully saturated rings. The van der Waals surface area contributed by atoms with Crippen molar-refractivity contribution in [3.8, 4) is 0 Å². The second-order valence-corrected chi connectivity index (χ2v) is 7.18. The van der Waals surface area contributed by atoms with Gasteiger partial charge in [0.15, 0.2) is 0 Å². The van der Waals surface area contributed by atoms with Crippen molar-refractivity contribution in [2.45, 2.75) is 26.4 Å². The lowest BCUT2D eigenvalue weighted by Gasteiger charge is -2.36. The summed E-state index contributed by atoms with van der Waals surface area (Å²) in [5.41, 5.74) is 0.791. The van der Waals surface area contributed by atoms with Gasteiger partial charge in [0.25, 0.3) is 0 Å². The van der Waals surface area contributed by atoms with Gasteiger partial charge in [-0.15, -0.1) is 0 Å². The van der Waals surface area contributed by atoms with E-state index in [0.29, 0.717) is 13.1 Å². The first-order chi connectivity index (χ1) is 9.35. The quantitative estimate of drug-likeness (QED) is 0.692. The summed E-state index contributed by atoms with van der Waals surface area (Å²) >= 11 is 2.30. The Kier molecular flexibility index (Phi) is 4.78. The molecule has 1 saturated heterocycles. The molecular weight excluding hydrogens is 367 g/mol. The summed E-state index contributed by atoms with van der Waals surface area (Å²) in [5, 5.41) is 0. The summed E-state index contributed by atoms with van der Waals surface area (Å²) in [6.07, 6.45) is -0.209. The van der Waals surface area contributed by atoms with E-state index in [2.05, 4.69) is 51.8 Å². The van der Waals surface area contributed by atoms with Crippen molar-refractivity contribution in [3.63, 3.8) is 0 Å². The van der Waals surface area contributed by atoms with Crippen molar-refractivity contribution in [2.24, 2.45) is 0 Å². The Morgan fingerprint density at radius 3 is 2.15 bits per heavy atom. The number of ether oxygens (including phenoxy) is 1. The van der Waals surface area contributed by atoms with E-state index in [9.17, 15) is 4.79 Å². The fraction of sp³-hybridized carbons (Fsp3) is 0.533. The number of halogens is 1. The van der Waals surface area contributed by atoms with Crippen LogP contribution in [0.25, 0.3) is 0 Å². The molecule has 4 nitrogen and oxygen atoms in total. The summed E-state index contributed by atoms with van der Waals surface area (Å²) in [6, 6.07) is 8.47. The maximum atomic E-state index is 12.0. The second-order valence-electron chi connectivity index (χ2n) is 5.93. The van der Waals surface area contributed by atoms with Gasteiger partial charge in [-0.1, -0.05) is 0 Å². The average molecular weight is 388 g/mol. The van der Waals surface area contributed by atoms with Crippen LogP contribution in [0.5, 0.6) is 0 Å². The van der Waals surface area contributed by atoms with Gasteiger partial charge in [0, 0.05) is 35.4 Å². The molecule has 0 atom stereocenters. The molecule has 1 aromatic rings. The van der Waals surface area contributed by atoms with E-state index in [1.165, 1.54) is 9.26 Å². The molecule has 0 aromatic heterocycles. The number of benzene rings is 1. The van der Waals surface area contributed by atoms with Crippen LogP contribution < -0.4 is 4.90 Å². The smallest absolute Gasteiger partial charge is 0.410 e. The average Bonchev–Trinajstić information content (AvgIpc) is 2.38. The van der Waals surface area contributed by atoms with Crippen LogP contribution in [-0.4, -0.2) is 42.8 Å². The van der Waals surface area contributed by atoms with Crippen molar-refractivity contribution >= 4 is 34.4 Å². The molecule has 110 valence electrons. The van der Waals surface area contributed by atoms with Crippen molar-refractivity contribution in [1.29, 1.82) is 0 Å². The lowest BCUT2D eigenvalue weighted by atomic mass is 10.2. The minimum atomic E-state index is -0.426. The van der Waals surface area contributed by atoms with Gasteiger partial charge in [-0.05, 0) is 67.6 Å². The number of anilines is 1. The fourth-order valence-electron chi connectivity index (χ4n) is 2.13. The molecule has 0 unspecified atom stereocenters. The predicted molar refractivity (Wildman–Crippen MR) is 89.2 cm³/mol. The molecule has 0 radical (unpaired) electrons. The second kappa shape index (κ2) is 6.20. The molecule has 1 aliphatic rings. The van der Waals surface area contributed by atoms with E-state index in [1.807, 2.05) is 20.8 Å². The van der Waals surface area contributed by atoms with Gasteiger partial charge in [0.2, 0.25) is 0 Å². The first-order valence-electron chi connectivity index (χ1n) is 6.83. The predicted octanol–water partition coefficient (Wildman–Crippen LogP) is 3.35. The normalized spacial score (nSPS) is 16.2. The Balaban J connectivity index is 1.89. The molecule has 0 N–H and O–H groups in total. The van der Waals surface area contributed by atoms with Gasteiger partial charge in [-0.2, -0.15) is 0 Å². The van der Waals surface area contributed by atoms with Gasteiger partial charge in [-0.25, -0.2) is 4.79 Å². The van der Waals surface area contributed by atoms with Crippen LogP contribution in [0.2, 0.25) is 0 Å². The highest BCUT2D eigenvalue weighted by atomic mass is 127. The van der Waals surface area contributed by atoms with Crippen LogP contribution in [-0.2, 0) is 4.74 Å². The monoisotopic (exact) mass is 388 g/mol. The summed E-state index contributed by atoms with van der Waals surface area (Å²) in [6.45, 7) is 8.80. The van der Waals surface area contributed by atoms with E-state index in [0.717, 1.165) is 13.1 Å². The summed E-state index contributed by atoms with van der Waals surface area (Å²) in [5.74, 6) is 0. The molecule has 0 spiro atoms. The van der Waals surface area contributed by atoms with Crippen molar-refractivity contribution in [1.82, 2.24) is 4.90 Å². The van der Waals surface area contributed by atoms with E-state index in [1.54, 1.807) is 4.90 Å². The number of hydrogen-bond acceptors (Lipinski definition) is 3. The first-order valence-corrected chi connectivity index (χ1v) is 7.91. The molecule has 1 aliphatic heterocycles. The van der Waals surface area contributed by atoms with Crippen LogP contribution >= 0.6 is 22.6 Å². The lowest BCUT2D eigenvalue weighted by molar-refractivity contribution is 0.0240. The molecule has 1 amide bonds. The molecular formula is C15H21IN2O2. The van der Waals surface area contributed by atoms with Crippen LogP contribution in [0.3, 0.4) is 0 Å². The van der Waals surface area contributed by atoms with E-state index >= 15 is 0 Å². The SMILES string of the molecule is CC(C)(C)OC(=O)N1CCN(c2ccc(I)cc2)CC1. The number of carbonyl (C=O) groups is 1. The number of amides is 1. The van der Waals surface area contributed by atoms with Gasteiger partial charge < -0.3 is 14.5 Å². The topological polar surface area (TPSA) is 32.8 Å². The Bertz CT molecular complexity index is 460. The zero-order valence-electron chi connectivity index (χ0n) is 12.2. The molecule has 2 rings (SSSR count). The number of piperazine rings is 1. The third-order valence-electron chi connectivity index (χ3n) is 3.12. The highest BCUT2D eigenvalue weighted by molar-refractivity contribution is 14.1. The number of nitrogens with zero attached hydrogens (tertiary/aromatic N) is 2. The Morgan fingerprint density at radius 2 is 1.65 bits per heavy atom. The van der Waals surface area contributed by atoms with Gasteiger partial charge >= 0.3 is 6.09 Å².